The Kier molecular flexibility index (Phi) is 3.97. The van der Waals surface area contributed by atoms with Crippen LogP contribution in [-0.4, -0.2) is 24.5 Å². The molecule has 1 aromatic carbocycles. The Morgan fingerprint density at radius 3 is 2.80 bits per heavy atom. The Bertz CT molecular complexity index is 338. The fourth-order valence-corrected chi connectivity index (χ4v) is 1.40. The summed E-state index contributed by atoms with van der Waals surface area (Å²) in [7, 11) is 1.63. The van der Waals surface area contributed by atoms with Crippen molar-refractivity contribution in [3.05, 3.63) is 29.8 Å². The van der Waals surface area contributed by atoms with Crippen molar-refractivity contribution < 1.29 is 4.79 Å². The lowest BCUT2D eigenvalue weighted by molar-refractivity contribution is 0.200. The molecule has 82 valence electrons. The standard InChI is InChI=1S/C11H17N3O/c1-3-14(11(15)13-2)8-9-5-4-6-10(12)7-9/h4-7H,3,8,12H2,1-2H3,(H,13,15). The first-order valence-corrected chi connectivity index (χ1v) is 4.98. The molecule has 0 aliphatic rings. The van der Waals surface area contributed by atoms with Gasteiger partial charge in [0.2, 0.25) is 0 Å². The van der Waals surface area contributed by atoms with Crippen LogP contribution in [0.4, 0.5) is 10.5 Å². The third-order valence-electron chi connectivity index (χ3n) is 2.21. The van der Waals surface area contributed by atoms with Crippen molar-refractivity contribution in [3.63, 3.8) is 0 Å². The molecular formula is C11H17N3O. The van der Waals surface area contributed by atoms with E-state index in [0.29, 0.717) is 13.1 Å². The number of hydrogen-bond acceptors (Lipinski definition) is 2. The predicted molar refractivity (Wildman–Crippen MR) is 61.4 cm³/mol. The molecule has 0 bridgehead atoms. The van der Waals surface area contributed by atoms with Crippen LogP contribution in [0, 0.1) is 0 Å². The number of urea groups is 1. The molecule has 0 unspecified atom stereocenters. The summed E-state index contributed by atoms with van der Waals surface area (Å²) in [5.74, 6) is 0. The normalized spacial score (nSPS) is 9.73. The van der Waals surface area contributed by atoms with Gasteiger partial charge in [0.15, 0.2) is 0 Å². The van der Waals surface area contributed by atoms with E-state index in [4.69, 9.17) is 5.73 Å². The number of amides is 2. The molecule has 1 aromatic rings. The van der Waals surface area contributed by atoms with Crippen LogP contribution < -0.4 is 11.1 Å². The number of nitrogens with zero attached hydrogens (tertiary/aromatic N) is 1. The first-order valence-electron chi connectivity index (χ1n) is 4.98. The maximum atomic E-state index is 11.4. The molecule has 0 saturated heterocycles. The van der Waals surface area contributed by atoms with Crippen LogP contribution in [0.3, 0.4) is 0 Å². The molecule has 0 aliphatic heterocycles. The van der Waals surface area contributed by atoms with Crippen LogP contribution in [0.15, 0.2) is 24.3 Å². The van der Waals surface area contributed by atoms with E-state index in [1.165, 1.54) is 0 Å². The summed E-state index contributed by atoms with van der Waals surface area (Å²) in [5.41, 5.74) is 7.43. The molecule has 0 saturated carbocycles. The van der Waals surface area contributed by atoms with Gasteiger partial charge in [-0.1, -0.05) is 12.1 Å². The minimum absolute atomic E-state index is 0.0695. The summed E-state index contributed by atoms with van der Waals surface area (Å²) >= 11 is 0. The van der Waals surface area contributed by atoms with Gasteiger partial charge in [0, 0.05) is 25.8 Å². The van der Waals surface area contributed by atoms with Crippen LogP contribution >= 0.6 is 0 Å². The number of benzene rings is 1. The largest absolute Gasteiger partial charge is 0.399 e. The molecule has 15 heavy (non-hydrogen) atoms. The quantitative estimate of drug-likeness (QED) is 0.737. The third-order valence-corrected chi connectivity index (χ3v) is 2.21. The van der Waals surface area contributed by atoms with E-state index in [-0.39, 0.29) is 6.03 Å². The summed E-state index contributed by atoms with van der Waals surface area (Å²) in [6.45, 7) is 3.21. The molecule has 0 aromatic heterocycles. The maximum absolute atomic E-state index is 11.4. The summed E-state index contributed by atoms with van der Waals surface area (Å²) in [5, 5.41) is 2.61. The van der Waals surface area contributed by atoms with Gasteiger partial charge in [-0.25, -0.2) is 4.79 Å². The second kappa shape index (κ2) is 5.24. The molecule has 0 aliphatic carbocycles. The van der Waals surface area contributed by atoms with Gasteiger partial charge in [0.1, 0.15) is 0 Å². The zero-order chi connectivity index (χ0) is 11.3. The highest BCUT2D eigenvalue weighted by molar-refractivity contribution is 5.73. The summed E-state index contributed by atoms with van der Waals surface area (Å²) in [4.78, 5) is 13.1. The molecule has 4 nitrogen and oxygen atoms in total. The number of carbonyl (C=O) groups is 1. The van der Waals surface area contributed by atoms with E-state index in [0.717, 1.165) is 11.3 Å². The van der Waals surface area contributed by atoms with Crippen molar-refractivity contribution in [2.45, 2.75) is 13.5 Å². The van der Waals surface area contributed by atoms with E-state index in [2.05, 4.69) is 5.32 Å². The van der Waals surface area contributed by atoms with E-state index < -0.39 is 0 Å². The zero-order valence-corrected chi connectivity index (χ0v) is 9.16. The van der Waals surface area contributed by atoms with Crippen molar-refractivity contribution in [1.29, 1.82) is 0 Å². The van der Waals surface area contributed by atoms with Gasteiger partial charge < -0.3 is 16.0 Å². The molecule has 0 spiro atoms. The molecule has 0 fully saturated rings. The fourth-order valence-electron chi connectivity index (χ4n) is 1.40. The lowest BCUT2D eigenvalue weighted by Gasteiger charge is -2.20. The Morgan fingerprint density at radius 1 is 1.53 bits per heavy atom. The summed E-state index contributed by atoms with van der Waals surface area (Å²) < 4.78 is 0. The topological polar surface area (TPSA) is 58.4 Å². The highest BCUT2D eigenvalue weighted by Crippen LogP contribution is 2.09. The van der Waals surface area contributed by atoms with Crippen LogP contribution in [0.25, 0.3) is 0 Å². The summed E-state index contributed by atoms with van der Waals surface area (Å²) in [6.07, 6.45) is 0. The van der Waals surface area contributed by atoms with E-state index >= 15 is 0 Å². The maximum Gasteiger partial charge on any atom is 0.317 e. The Morgan fingerprint density at radius 2 is 2.27 bits per heavy atom. The highest BCUT2D eigenvalue weighted by atomic mass is 16.2. The minimum Gasteiger partial charge on any atom is -0.399 e. The van der Waals surface area contributed by atoms with Gasteiger partial charge in [-0.15, -0.1) is 0 Å². The molecular weight excluding hydrogens is 190 g/mol. The molecule has 0 heterocycles. The van der Waals surface area contributed by atoms with Gasteiger partial charge >= 0.3 is 6.03 Å². The number of nitrogens with two attached hydrogens (primary N) is 1. The monoisotopic (exact) mass is 207 g/mol. The van der Waals surface area contributed by atoms with Crippen LogP contribution in [0.2, 0.25) is 0 Å². The van der Waals surface area contributed by atoms with Gasteiger partial charge in [-0.2, -0.15) is 0 Å². The minimum atomic E-state index is -0.0695. The number of anilines is 1. The lowest BCUT2D eigenvalue weighted by atomic mass is 10.2. The third kappa shape index (κ3) is 3.16. The number of carbonyl (C=O) groups excluding carboxylic acids is 1. The van der Waals surface area contributed by atoms with E-state index in [1.807, 2.05) is 31.2 Å². The predicted octanol–water partition coefficient (Wildman–Crippen LogP) is 1.43. The van der Waals surface area contributed by atoms with Gasteiger partial charge in [-0.05, 0) is 24.6 Å². The highest BCUT2D eigenvalue weighted by Gasteiger charge is 2.09. The number of nitrogens with one attached hydrogen (secondary N) is 1. The SMILES string of the molecule is CCN(Cc1cccc(N)c1)C(=O)NC. The average molecular weight is 207 g/mol. The first-order chi connectivity index (χ1) is 7.17. The van der Waals surface area contributed by atoms with Crippen molar-refractivity contribution >= 4 is 11.7 Å². The van der Waals surface area contributed by atoms with Gasteiger partial charge in [0.25, 0.3) is 0 Å². The molecule has 0 radical (unpaired) electrons. The number of nitrogen functional groups attached to an aromatic ring is 1. The summed E-state index contributed by atoms with van der Waals surface area (Å²) in [6, 6.07) is 7.50. The smallest absolute Gasteiger partial charge is 0.317 e. The Labute approximate surface area is 90.1 Å². The molecule has 2 amide bonds. The first kappa shape index (κ1) is 11.4. The second-order valence-corrected chi connectivity index (χ2v) is 3.31. The van der Waals surface area contributed by atoms with Gasteiger partial charge in [0.05, 0.1) is 0 Å². The lowest BCUT2D eigenvalue weighted by Crippen LogP contribution is -2.37. The Balaban J connectivity index is 2.70. The molecule has 4 heteroatoms. The van der Waals surface area contributed by atoms with E-state index in [9.17, 15) is 4.79 Å². The Hall–Kier alpha value is -1.71. The fraction of sp³-hybridized carbons (Fsp3) is 0.364. The number of rotatable bonds is 3. The van der Waals surface area contributed by atoms with Crippen molar-refractivity contribution in [2.24, 2.45) is 0 Å². The second-order valence-electron chi connectivity index (χ2n) is 3.31. The van der Waals surface area contributed by atoms with E-state index in [1.54, 1.807) is 11.9 Å². The number of hydrogen-bond donors (Lipinski definition) is 2. The van der Waals surface area contributed by atoms with Crippen LogP contribution in [-0.2, 0) is 6.54 Å². The van der Waals surface area contributed by atoms with Gasteiger partial charge in [-0.3, -0.25) is 0 Å². The molecule has 0 atom stereocenters. The van der Waals surface area contributed by atoms with Crippen LogP contribution in [0.5, 0.6) is 0 Å². The molecule has 1 rings (SSSR count). The van der Waals surface area contributed by atoms with Crippen molar-refractivity contribution in [3.8, 4) is 0 Å². The van der Waals surface area contributed by atoms with Crippen molar-refractivity contribution in [1.82, 2.24) is 10.2 Å². The van der Waals surface area contributed by atoms with Crippen LogP contribution in [0.1, 0.15) is 12.5 Å². The average Bonchev–Trinajstić information content (AvgIpc) is 2.25. The molecule has 3 N–H and O–H groups in total. The zero-order valence-electron chi connectivity index (χ0n) is 9.16. The van der Waals surface area contributed by atoms with Crippen molar-refractivity contribution in [2.75, 3.05) is 19.3 Å².